The zero-order chi connectivity index (χ0) is 14.1. The highest BCUT2D eigenvalue weighted by molar-refractivity contribution is 5.51. The molecular formula is C16H21N3O2. The van der Waals surface area contributed by atoms with Gasteiger partial charge < -0.3 is 9.15 Å². The van der Waals surface area contributed by atoms with E-state index in [1.54, 1.807) is 6.20 Å². The topological polar surface area (TPSA) is 54.3 Å². The van der Waals surface area contributed by atoms with Gasteiger partial charge in [-0.25, -0.2) is 0 Å². The molecule has 2 aliphatic rings. The molecule has 21 heavy (non-hydrogen) atoms. The van der Waals surface area contributed by atoms with Crippen LogP contribution in [0.5, 0.6) is 0 Å². The SMILES string of the molecule is c1cc(-c2ccc(CN3CCC[C@]4(CCOC4)C3)o2)[nH]n1. The van der Waals surface area contributed by atoms with Gasteiger partial charge in [0.25, 0.3) is 0 Å². The smallest absolute Gasteiger partial charge is 0.152 e. The summed E-state index contributed by atoms with van der Waals surface area (Å²) in [6.45, 7) is 5.03. The average molecular weight is 287 g/mol. The molecule has 1 spiro atoms. The van der Waals surface area contributed by atoms with Crippen LogP contribution in [0.1, 0.15) is 25.0 Å². The van der Waals surface area contributed by atoms with E-state index in [1.807, 2.05) is 12.1 Å². The highest BCUT2D eigenvalue weighted by atomic mass is 16.5. The third-order valence-corrected chi connectivity index (χ3v) is 4.73. The molecule has 2 aromatic rings. The first-order chi connectivity index (χ1) is 10.3. The van der Waals surface area contributed by atoms with E-state index < -0.39 is 0 Å². The van der Waals surface area contributed by atoms with Gasteiger partial charge in [0.2, 0.25) is 0 Å². The Morgan fingerprint density at radius 2 is 2.29 bits per heavy atom. The third kappa shape index (κ3) is 2.63. The van der Waals surface area contributed by atoms with E-state index in [0.29, 0.717) is 5.41 Å². The van der Waals surface area contributed by atoms with Crippen molar-refractivity contribution in [3.05, 3.63) is 30.2 Å². The number of nitrogens with zero attached hydrogens (tertiary/aromatic N) is 2. The minimum absolute atomic E-state index is 0.400. The van der Waals surface area contributed by atoms with E-state index in [-0.39, 0.29) is 0 Å². The zero-order valence-electron chi connectivity index (χ0n) is 12.2. The molecule has 0 bridgehead atoms. The summed E-state index contributed by atoms with van der Waals surface area (Å²) in [5.74, 6) is 1.88. The fourth-order valence-corrected chi connectivity index (χ4v) is 3.64. The van der Waals surface area contributed by atoms with Crippen molar-refractivity contribution in [3.8, 4) is 11.5 Å². The lowest BCUT2D eigenvalue weighted by Crippen LogP contribution is -2.43. The van der Waals surface area contributed by atoms with Crippen molar-refractivity contribution in [2.24, 2.45) is 5.41 Å². The maximum atomic E-state index is 5.94. The summed E-state index contributed by atoms with van der Waals surface area (Å²) in [6.07, 6.45) is 5.52. The first-order valence-electron chi connectivity index (χ1n) is 7.72. The van der Waals surface area contributed by atoms with Crippen LogP contribution in [0, 0.1) is 5.41 Å². The van der Waals surface area contributed by atoms with E-state index in [1.165, 1.54) is 19.3 Å². The fourth-order valence-electron chi connectivity index (χ4n) is 3.64. The Labute approximate surface area is 124 Å². The van der Waals surface area contributed by atoms with E-state index in [9.17, 15) is 0 Å². The van der Waals surface area contributed by atoms with Crippen LogP contribution in [0.2, 0.25) is 0 Å². The molecule has 0 saturated carbocycles. The number of rotatable bonds is 3. The van der Waals surface area contributed by atoms with E-state index in [4.69, 9.17) is 9.15 Å². The number of likely N-dealkylation sites (tertiary alicyclic amines) is 1. The number of hydrogen-bond donors (Lipinski definition) is 1. The van der Waals surface area contributed by atoms with E-state index in [2.05, 4.69) is 21.2 Å². The van der Waals surface area contributed by atoms with Gasteiger partial charge in [-0.1, -0.05) is 0 Å². The van der Waals surface area contributed by atoms with Gasteiger partial charge in [-0.2, -0.15) is 5.10 Å². The predicted octanol–water partition coefficient (Wildman–Crippen LogP) is 2.67. The Balaban J connectivity index is 1.44. The van der Waals surface area contributed by atoms with Gasteiger partial charge in [0.1, 0.15) is 11.5 Å². The van der Waals surface area contributed by atoms with Crippen molar-refractivity contribution in [3.63, 3.8) is 0 Å². The van der Waals surface area contributed by atoms with E-state index in [0.717, 1.165) is 50.1 Å². The minimum atomic E-state index is 0.400. The van der Waals surface area contributed by atoms with Crippen LogP contribution in [-0.4, -0.2) is 41.4 Å². The second-order valence-electron chi connectivity index (χ2n) is 6.35. The third-order valence-electron chi connectivity index (χ3n) is 4.73. The van der Waals surface area contributed by atoms with Crippen molar-refractivity contribution >= 4 is 0 Å². The largest absolute Gasteiger partial charge is 0.458 e. The zero-order valence-corrected chi connectivity index (χ0v) is 12.2. The molecule has 2 aliphatic heterocycles. The standard InChI is InChI=1S/C16H21N3O2/c1-5-16(6-9-20-12-16)11-19(8-1)10-13-2-3-15(21-13)14-4-7-17-18-14/h2-4,7H,1,5-6,8-12H2,(H,17,18)/t16-/m0/s1. The lowest BCUT2D eigenvalue weighted by Gasteiger charge is -2.39. The monoisotopic (exact) mass is 287 g/mol. The Bertz CT molecular complexity index is 584. The van der Waals surface area contributed by atoms with Crippen LogP contribution in [0.3, 0.4) is 0 Å². The molecule has 5 heteroatoms. The summed E-state index contributed by atoms with van der Waals surface area (Å²) in [6, 6.07) is 6.01. The maximum Gasteiger partial charge on any atom is 0.152 e. The van der Waals surface area contributed by atoms with Crippen molar-refractivity contribution in [1.82, 2.24) is 15.1 Å². The summed E-state index contributed by atoms with van der Waals surface area (Å²) in [5, 5.41) is 6.90. The number of aromatic nitrogens is 2. The highest BCUT2D eigenvalue weighted by Gasteiger charge is 2.38. The number of ether oxygens (including phenoxy) is 1. The summed E-state index contributed by atoms with van der Waals surface area (Å²) >= 11 is 0. The summed E-state index contributed by atoms with van der Waals surface area (Å²) < 4.78 is 11.6. The van der Waals surface area contributed by atoms with Crippen LogP contribution < -0.4 is 0 Å². The molecule has 2 fully saturated rings. The van der Waals surface area contributed by atoms with Crippen LogP contribution in [-0.2, 0) is 11.3 Å². The Kier molecular flexibility index (Phi) is 3.31. The molecule has 0 radical (unpaired) electrons. The van der Waals surface area contributed by atoms with Crippen molar-refractivity contribution in [2.75, 3.05) is 26.3 Å². The summed E-state index contributed by atoms with van der Waals surface area (Å²) in [7, 11) is 0. The molecule has 0 unspecified atom stereocenters. The second-order valence-corrected chi connectivity index (χ2v) is 6.35. The molecule has 0 amide bonds. The molecule has 0 aromatic carbocycles. The Morgan fingerprint density at radius 3 is 3.10 bits per heavy atom. The van der Waals surface area contributed by atoms with Crippen LogP contribution in [0.4, 0.5) is 0 Å². The average Bonchev–Trinajstić information content (AvgIpc) is 3.20. The first kappa shape index (κ1) is 13.1. The molecular weight excluding hydrogens is 266 g/mol. The summed E-state index contributed by atoms with van der Waals surface area (Å²) in [5.41, 5.74) is 1.33. The van der Waals surface area contributed by atoms with Crippen LogP contribution >= 0.6 is 0 Å². The van der Waals surface area contributed by atoms with Gasteiger partial charge in [-0.15, -0.1) is 0 Å². The van der Waals surface area contributed by atoms with Gasteiger partial charge in [0.05, 0.1) is 13.2 Å². The Hall–Kier alpha value is -1.59. The summed E-state index contributed by atoms with van der Waals surface area (Å²) in [4.78, 5) is 2.51. The second kappa shape index (κ2) is 5.31. The lowest BCUT2D eigenvalue weighted by atomic mass is 9.79. The number of piperidine rings is 1. The molecule has 0 aliphatic carbocycles. The first-order valence-corrected chi connectivity index (χ1v) is 7.72. The number of nitrogens with one attached hydrogen (secondary N) is 1. The van der Waals surface area contributed by atoms with Gasteiger partial charge in [-0.05, 0) is 44.0 Å². The molecule has 112 valence electrons. The van der Waals surface area contributed by atoms with Crippen LogP contribution in [0.15, 0.2) is 28.8 Å². The molecule has 4 heterocycles. The highest BCUT2D eigenvalue weighted by Crippen LogP contribution is 2.38. The molecule has 2 aromatic heterocycles. The number of furan rings is 1. The van der Waals surface area contributed by atoms with Gasteiger partial charge >= 0.3 is 0 Å². The van der Waals surface area contributed by atoms with Gasteiger partial charge in [0, 0.05) is 24.8 Å². The van der Waals surface area contributed by atoms with Gasteiger partial charge in [0.15, 0.2) is 5.76 Å². The molecule has 4 rings (SSSR count). The fraction of sp³-hybridized carbons (Fsp3) is 0.562. The molecule has 1 atom stereocenters. The normalized spacial score (nSPS) is 26.7. The maximum absolute atomic E-state index is 5.94. The predicted molar refractivity (Wildman–Crippen MR) is 78.7 cm³/mol. The molecule has 1 N–H and O–H groups in total. The van der Waals surface area contributed by atoms with Gasteiger partial charge in [-0.3, -0.25) is 10.00 Å². The lowest BCUT2D eigenvalue weighted by molar-refractivity contribution is 0.0610. The minimum Gasteiger partial charge on any atom is -0.458 e. The van der Waals surface area contributed by atoms with Crippen molar-refractivity contribution in [1.29, 1.82) is 0 Å². The molecule has 2 saturated heterocycles. The van der Waals surface area contributed by atoms with Crippen LogP contribution in [0.25, 0.3) is 11.5 Å². The number of hydrogen-bond acceptors (Lipinski definition) is 4. The van der Waals surface area contributed by atoms with Crippen molar-refractivity contribution in [2.45, 2.75) is 25.8 Å². The van der Waals surface area contributed by atoms with Crippen molar-refractivity contribution < 1.29 is 9.15 Å². The van der Waals surface area contributed by atoms with E-state index >= 15 is 0 Å². The molecule has 5 nitrogen and oxygen atoms in total. The Morgan fingerprint density at radius 1 is 1.29 bits per heavy atom. The quantitative estimate of drug-likeness (QED) is 0.943. The number of aromatic amines is 1. The number of H-pyrrole nitrogens is 1.